The van der Waals surface area contributed by atoms with Crippen LogP contribution in [0.15, 0.2) is 53.5 Å². The summed E-state index contributed by atoms with van der Waals surface area (Å²) < 4.78 is 5.20. The third-order valence-electron chi connectivity index (χ3n) is 6.35. The van der Waals surface area contributed by atoms with Crippen molar-refractivity contribution in [3.05, 3.63) is 81.2 Å². The number of benzene rings is 2. The Morgan fingerprint density at radius 1 is 1.06 bits per heavy atom. The van der Waals surface area contributed by atoms with Gasteiger partial charge in [-0.2, -0.15) is 0 Å². The number of hydrogen-bond donors (Lipinski definition) is 0. The number of Topliss-reactive ketones (excluding diaryl/α,β-unsaturated/α-hetero) is 1. The maximum atomic E-state index is 13.2. The molecule has 0 unspecified atom stereocenters. The lowest BCUT2D eigenvalue weighted by Crippen LogP contribution is -2.36. The summed E-state index contributed by atoms with van der Waals surface area (Å²) in [5, 5.41) is 0.866. The van der Waals surface area contributed by atoms with Crippen molar-refractivity contribution >= 4 is 33.7 Å². The van der Waals surface area contributed by atoms with Crippen LogP contribution in [0.2, 0.25) is 0 Å². The molecule has 0 bridgehead atoms. The Morgan fingerprint density at radius 3 is 2.52 bits per heavy atom. The topological polar surface area (TPSA) is 59.0 Å². The summed E-state index contributed by atoms with van der Waals surface area (Å²) in [6.07, 6.45) is 4.29. The fourth-order valence-electron chi connectivity index (χ4n) is 4.53. The minimum Gasteiger partial charge on any atom is -0.497 e. The Balaban J connectivity index is 1.56. The van der Waals surface area contributed by atoms with Crippen LogP contribution in [0.25, 0.3) is 0 Å². The van der Waals surface area contributed by atoms with Crippen LogP contribution in [0, 0.1) is 6.92 Å². The maximum absolute atomic E-state index is 13.2. The zero-order valence-electron chi connectivity index (χ0n) is 18.9. The molecule has 33 heavy (non-hydrogen) atoms. The number of hydrogen-bond acceptors (Lipinski definition) is 5. The van der Waals surface area contributed by atoms with Crippen molar-refractivity contribution in [1.29, 1.82) is 0 Å². The number of carbonyl (C=O) groups excluding carboxylic acids is 2. The first-order valence-electron chi connectivity index (χ1n) is 11.3. The van der Waals surface area contributed by atoms with Crippen molar-refractivity contribution in [2.75, 3.05) is 25.1 Å². The molecular formula is C27H26N2O3S. The molecule has 168 valence electrons. The van der Waals surface area contributed by atoms with Gasteiger partial charge in [0.15, 0.2) is 5.78 Å². The number of methoxy groups -OCH3 is 1. The lowest BCUT2D eigenvalue weighted by molar-refractivity contribution is -0.117. The molecule has 0 spiro atoms. The number of rotatable bonds is 5. The Kier molecular flexibility index (Phi) is 5.85. The van der Waals surface area contributed by atoms with Gasteiger partial charge in [0.25, 0.3) is 0 Å². The lowest BCUT2D eigenvalue weighted by Gasteiger charge is -2.20. The summed E-state index contributed by atoms with van der Waals surface area (Å²) in [7, 11) is 1.60. The van der Waals surface area contributed by atoms with Gasteiger partial charge < -0.3 is 4.74 Å². The number of nitrogens with zero attached hydrogens (tertiary/aromatic N) is 2. The Morgan fingerprint density at radius 2 is 1.79 bits per heavy atom. The van der Waals surface area contributed by atoms with Crippen molar-refractivity contribution in [3.8, 4) is 5.75 Å². The number of fused-ring (bicyclic) bond motifs is 3. The molecule has 1 aliphatic heterocycles. The zero-order chi connectivity index (χ0) is 22.9. The zero-order valence-corrected chi connectivity index (χ0v) is 19.7. The van der Waals surface area contributed by atoms with Crippen molar-refractivity contribution in [2.24, 2.45) is 4.99 Å². The van der Waals surface area contributed by atoms with Crippen LogP contribution in [-0.4, -0.2) is 37.6 Å². The lowest BCUT2D eigenvalue weighted by atomic mass is 9.91. The van der Waals surface area contributed by atoms with Crippen LogP contribution < -0.4 is 9.64 Å². The second-order valence-corrected chi connectivity index (χ2v) is 9.64. The van der Waals surface area contributed by atoms with Gasteiger partial charge in [-0.05, 0) is 62.4 Å². The summed E-state index contributed by atoms with van der Waals surface area (Å²) in [5.41, 5.74) is 5.99. The third kappa shape index (κ3) is 4.11. The van der Waals surface area contributed by atoms with Crippen LogP contribution in [0.5, 0.6) is 5.75 Å². The third-order valence-corrected chi connectivity index (χ3v) is 7.66. The van der Waals surface area contributed by atoms with Crippen molar-refractivity contribution in [2.45, 2.75) is 32.6 Å². The number of aryl methyl sites for hydroxylation is 2. The fourth-order valence-corrected chi connectivity index (χ4v) is 5.93. The highest BCUT2D eigenvalue weighted by Crippen LogP contribution is 2.42. The van der Waals surface area contributed by atoms with E-state index in [1.807, 2.05) is 0 Å². The number of thiophene rings is 1. The van der Waals surface area contributed by atoms with Crippen LogP contribution in [0.4, 0.5) is 5.00 Å². The van der Waals surface area contributed by atoms with E-state index in [9.17, 15) is 9.59 Å². The number of ketones is 1. The van der Waals surface area contributed by atoms with Gasteiger partial charge in [0.05, 0.1) is 19.4 Å². The minimum absolute atomic E-state index is 0.00819. The SMILES string of the molecule is COc1ccc(C(=O)CN2C(=O)CN=C(c3ccc(C)cc3)c3c2sc2c3CCCC2)cc1. The van der Waals surface area contributed by atoms with E-state index in [0.717, 1.165) is 47.5 Å². The quantitative estimate of drug-likeness (QED) is 0.505. The number of ether oxygens (including phenoxy) is 1. The molecule has 2 aliphatic rings. The second-order valence-electron chi connectivity index (χ2n) is 8.55. The predicted octanol–water partition coefficient (Wildman–Crippen LogP) is 5.01. The Labute approximate surface area is 197 Å². The summed E-state index contributed by atoms with van der Waals surface area (Å²) in [5.74, 6) is 0.461. The van der Waals surface area contributed by atoms with Gasteiger partial charge in [0, 0.05) is 21.6 Å². The summed E-state index contributed by atoms with van der Waals surface area (Å²) in [4.78, 5) is 34.2. The molecule has 0 saturated heterocycles. The average Bonchev–Trinajstić information content (AvgIpc) is 3.16. The van der Waals surface area contributed by atoms with Gasteiger partial charge in [-0.25, -0.2) is 0 Å². The average molecular weight is 459 g/mol. The molecule has 1 aromatic heterocycles. The molecule has 0 N–H and O–H groups in total. The minimum atomic E-state index is -0.140. The predicted molar refractivity (Wildman–Crippen MR) is 132 cm³/mol. The van der Waals surface area contributed by atoms with E-state index < -0.39 is 0 Å². The van der Waals surface area contributed by atoms with Crippen LogP contribution >= 0.6 is 11.3 Å². The van der Waals surface area contributed by atoms with E-state index in [0.29, 0.717) is 11.3 Å². The van der Waals surface area contributed by atoms with Crippen molar-refractivity contribution in [3.63, 3.8) is 0 Å². The molecule has 5 rings (SSSR count). The molecule has 3 aromatic rings. The van der Waals surface area contributed by atoms with E-state index in [1.54, 1.807) is 47.6 Å². The highest BCUT2D eigenvalue weighted by atomic mass is 32.1. The van der Waals surface area contributed by atoms with Gasteiger partial charge in [0.1, 0.15) is 17.3 Å². The van der Waals surface area contributed by atoms with Gasteiger partial charge in [-0.3, -0.25) is 19.5 Å². The number of carbonyl (C=O) groups is 2. The molecule has 1 amide bonds. The van der Waals surface area contributed by atoms with E-state index in [2.05, 4.69) is 31.2 Å². The monoisotopic (exact) mass is 458 g/mol. The molecule has 2 aromatic carbocycles. The fraction of sp³-hybridized carbons (Fsp3) is 0.296. The molecule has 0 radical (unpaired) electrons. The number of anilines is 1. The van der Waals surface area contributed by atoms with Crippen molar-refractivity contribution < 1.29 is 14.3 Å². The van der Waals surface area contributed by atoms with Gasteiger partial charge in [-0.15, -0.1) is 11.3 Å². The normalized spacial score (nSPS) is 15.4. The summed E-state index contributed by atoms with van der Waals surface area (Å²) in [6.45, 7) is 2.11. The van der Waals surface area contributed by atoms with E-state index >= 15 is 0 Å². The van der Waals surface area contributed by atoms with E-state index in [4.69, 9.17) is 9.73 Å². The molecule has 2 heterocycles. The van der Waals surface area contributed by atoms with Gasteiger partial charge in [0.2, 0.25) is 5.91 Å². The number of aliphatic imine (C=N–C) groups is 1. The number of amides is 1. The first-order valence-corrected chi connectivity index (χ1v) is 12.1. The smallest absolute Gasteiger partial charge is 0.249 e. The Hall–Kier alpha value is -3.25. The van der Waals surface area contributed by atoms with E-state index in [1.165, 1.54) is 16.0 Å². The van der Waals surface area contributed by atoms with Crippen molar-refractivity contribution in [1.82, 2.24) is 0 Å². The van der Waals surface area contributed by atoms with Gasteiger partial charge >= 0.3 is 0 Å². The van der Waals surface area contributed by atoms with Gasteiger partial charge in [-0.1, -0.05) is 29.8 Å². The molecule has 0 saturated carbocycles. The summed E-state index contributed by atoms with van der Waals surface area (Å²) >= 11 is 1.66. The molecule has 0 atom stereocenters. The van der Waals surface area contributed by atoms with Crippen LogP contribution in [-0.2, 0) is 17.6 Å². The molecule has 0 fully saturated rings. The first kappa shape index (κ1) is 21.6. The molecule has 6 heteroatoms. The highest BCUT2D eigenvalue weighted by molar-refractivity contribution is 7.17. The molecule has 1 aliphatic carbocycles. The van der Waals surface area contributed by atoms with E-state index in [-0.39, 0.29) is 24.8 Å². The Bertz CT molecular complexity index is 1240. The highest BCUT2D eigenvalue weighted by Gasteiger charge is 2.33. The summed E-state index contributed by atoms with van der Waals surface area (Å²) in [6, 6.07) is 15.3. The van der Waals surface area contributed by atoms with Crippen LogP contribution in [0.1, 0.15) is 50.3 Å². The molecular weight excluding hydrogens is 432 g/mol. The second kappa shape index (κ2) is 8.94. The van der Waals surface area contributed by atoms with Crippen LogP contribution in [0.3, 0.4) is 0 Å². The standard InChI is InChI=1S/C27H26N2O3S/c1-17-7-9-19(10-8-17)26-25-21-5-3-4-6-23(21)33-27(25)29(24(31)15-28-26)16-22(30)18-11-13-20(32-2)14-12-18/h7-14H,3-6,15-16H2,1-2H3. The maximum Gasteiger partial charge on any atom is 0.249 e. The first-order chi connectivity index (χ1) is 16.0. The molecule has 5 nitrogen and oxygen atoms in total. The largest absolute Gasteiger partial charge is 0.497 e.